The zero-order valence-electron chi connectivity index (χ0n) is 17.4. The van der Waals surface area contributed by atoms with E-state index in [-0.39, 0.29) is 34.1 Å². The number of nitrogens with zero attached hydrogens (tertiary/aromatic N) is 2. The summed E-state index contributed by atoms with van der Waals surface area (Å²) < 4.78 is 29.1. The summed E-state index contributed by atoms with van der Waals surface area (Å²) in [6.07, 6.45) is 2.29. The zero-order chi connectivity index (χ0) is 21.8. The number of carbonyl (C=O) groups excluding carboxylic acids is 2. The SMILES string of the molecule is CC1CCN(C2=C(S(=O)(=O)N3CCc4ccccc43)C(=O)c3ccccc3C2=O)CC1. The molecule has 0 spiro atoms. The van der Waals surface area contributed by atoms with Gasteiger partial charge in [-0.05, 0) is 36.8 Å². The molecule has 1 fully saturated rings. The van der Waals surface area contributed by atoms with Gasteiger partial charge in [-0.15, -0.1) is 0 Å². The van der Waals surface area contributed by atoms with E-state index in [1.807, 2.05) is 17.0 Å². The van der Waals surface area contributed by atoms with Gasteiger partial charge >= 0.3 is 0 Å². The molecule has 0 aromatic heterocycles. The third kappa shape index (κ3) is 3.10. The Morgan fingerprint density at radius 2 is 1.45 bits per heavy atom. The lowest BCUT2D eigenvalue weighted by Gasteiger charge is -2.36. The van der Waals surface area contributed by atoms with Crippen molar-refractivity contribution in [1.29, 1.82) is 0 Å². The molecule has 0 amide bonds. The Balaban J connectivity index is 1.70. The second kappa shape index (κ2) is 7.34. The van der Waals surface area contributed by atoms with Gasteiger partial charge < -0.3 is 4.90 Å². The van der Waals surface area contributed by atoms with Crippen molar-refractivity contribution in [2.75, 3.05) is 23.9 Å². The van der Waals surface area contributed by atoms with Crippen LogP contribution in [0.2, 0.25) is 0 Å². The molecule has 0 unspecified atom stereocenters. The number of sulfonamides is 1. The standard InChI is InChI=1S/C24H24N2O4S/c1-16-10-13-25(14-11-16)21-22(27)18-7-3-4-8-19(18)23(28)24(21)31(29,30)26-15-12-17-6-2-5-9-20(17)26/h2-9,16H,10-15H2,1H3. The van der Waals surface area contributed by atoms with Gasteiger partial charge in [0, 0.05) is 30.8 Å². The summed E-state index contributed by atoms with van der Waals surface area (Å²) in [7, 11) is -4.21. The molecular weight excluding hydrogens is 412 g/mol. The second-order valence-electron chi connectivity index (χ2n) is 8.51. The number of benzene rings is 2. The minimum Gasteiger partial charge on any atom is -0.367 e. The lowest BCUT2D eigenvalue weighted by molar-refractivity contribution is 0.0932. The third-order valence-corrected chi connectivity index (χ3v) is 8.40. The van der Waals surface area contributed by atoms with Crippen LogP contribution in [0.5, 0.6) is 0 Å². The molecule has 0 radical (unpaired) electrons. The van der Waals surface area contributed by atoms with Gasteiger partial charge in [0.05, 0.1) is 5.69 Å². The smallest absolute Gasteiger partial charge is 0.270 e. The van der Waals surface area contributed by atoms with E-state index in [0.717, 1.165) is 18.4 Å². The number of hydrogen-bond acceptors (Lipinski definition) is 5. The van der Waals surface area contributed by atoms with E-state index in [4.69, 9.17) is 0 Å². The molecule has 6 nitrogen and oxygen atoms in total. The normalized spacial score (nSPS) is 19.6. The Bertz CT molecular complexity index is 1220. The average molecular weight is 437 g/mol. The van der Waals surface area contributed by atoms with E-state index in [0.29, 0.717) is 31.1 Å². The van der Waals surface area contributed by atoms with Crippen LogP contribution in [0.4, 0.5) is 5.69 Å². The molecule has 2 aromatic rings. The van der Waals surface area contributed by atoms with Crippen molar-refractivity contribution in [3.8, 4) is 0 Å². The van der Waals surface area contributed by atoms with Crippen LogP contribution >= 0.6 is 0 Å². The first-order valence-electron chi connectivity index (χ1n) is 10.7. The highest BCUT2D eigenvalue weighted by Gasteiger charge is 2.45. The van der Waals surface area contributed by atoms with Crippen LogP contribution in [0.25, 0.3) is 0 Å². The van der Waals surface area contributed by atoms with Crippen LogP contribution in [0.1, 0.15) is 46.0 Å². The van der Waals surface area contributed by atoms with Crippen molar-refractivity contribution >= 4 is 27.3 Å². The molecule has 3 aliphatic rings. The van der Waals surface area contributed by atoms with E-state index in [1.165, 1.54) is 10.4 Å². The molecule has 0 N–H and O–H groups in total. The van der Waals surface area contributed by atoms with Gasteiger partial charge in [-0.3, -0.25) is 13.9 Å². The van der Waals surface area contributed by atoms with Crippen molar-refractivity contribution in [3.05, 3.63) is 75.8 Å². The van der Waals surface area contributed by atoms with Crippen LogP contribution in [0, 0.1) is 5.92 Å². The Morgan fingerprint density at radius 1 is 0.839 bits per heavy atom. The molecule has 2 heterocycles. The Kier molecular flexibility index (Phi) is 4.73. The first-order valence-corrected chi connectivity index (χ1v) is 12.1. The molecule has 2 aromatic carbocycles. The third-order valence-electron chi connectivity index (χ3n) is 6.55. The van der Waals surface area contributed by atoms with Crippen LogP contribution in [0.15, 0.2) is 59.1 Å². The molecule has 160 valence electrons. The van der Waals surface area contributed by atoms with Gasteiger partial charge in [-0.2, -0.15) is 0 Å². The number of allylic oxidation sites excluding steroid dienone is 2. The van der Waals surface area contributed by atoms with Crippen molar-refractivity contribution in [2.24, 2.45) is 5.92 Å². The first kappa shape index (κ1) is 20.0. The molecule has 1 aliphatic carbocycles. The highest BCUT2D eigenvalue weighted by Crippen LogP contribution is 2.38. The van der Waals surface area contributed by atoms with Crippen molar-refractivity contribution in [2.45, 2.75) is 26.2 Å². The number of likely N-dealkylation sites (tertiary alicyclic amines) is 1. The molecule has 2 aliphatic heterocycles. The minimum atomic E-state index is -4.21. The van der Waals surface area contributed by atoms with Crippen molar-refractivity contribution < 1.29 is 18.0 Å². The molecule has 1 saturated heterocycles. The lowest BCUT2D eigenvalue weighted by Crippen LogP contribution is -2.43. The highest BCUT2D eigenvalue weighted by atomic mass is 32.2. The summed E-state index contributed by atoms with van der Waals surface area (Å²) in [5.74, 6) is -0.465. The average Bonchev–Trinajstić information content (AvgIpc) is 3.22. The van der Waals surface area contributed by atoms with Gasteiger partial charge in [0.15, 0.2) is 4.91 Å². The number of piperidine rings is 1. The number of Topliss-reactive ketones (excluding diaryl/α,β-unsaturated/α-hetero) is 2. The number of ketones is 2. The maximum atomic E-state index is 13.9. The lowest BCUT2D eigenvalue weighted by atomic mass is 9.90. The van der Waals surface area contributed by atoms with Crippen LogP contribution in [-0.2, 0) is 16.4 Å². The quantitative estimate of drug-likeness (QED) is 0.737. The number of carbonyl (C=O) groups is 2. The Hall–Kier alpha value is -2.93. The number of hydrogen-bond donors (Lipinski definition) is 0. The fourth-order valence-corrected chi connectivity index (χ4v) is 6.57. The van der Waals surface area contributed by atoms with E-state index in [9.17, 15) is 18.0 Å². The predicted molar refractivity (Wildman–Crippen MR) is 119 cm³/mol. The largest absolute Gasteiger partial charge is 0.367 e. The van der Waals surface area contributed by atoms with Gasteiger partial charge in [-0.1, -0.05) is 49.4 Å². The maximum absolute atomic E-state index is 13.9. The number of para-hydroxylation sites is 1. The monoisotopic (exact) mass is 436 g/mol. The topological polar surface area (TPSA) is 74.8 Å². The fraction of sp³-hybridized carbons (Fsp3) is 0.333. The molecular formula is C24H24N2O4S. The van der Waals surface area contributed by atoms with E-state index < -0.39 is 15.8 Å². The minimum absolute atomic E-state index is 0.0416. The first-order chi connectivity index (χ1) is 14.9. The van der Waals surface area contributed by atoms with Gasteiger partial charge in [0.1, 0.15) is 5.70 Å². The Labute approximate surface area is 182 Å². The highest BCUT2D eigenvalue weighted by molar-refractivity contribution is 7.97. The fourth-order valence-electron chi connectivity index (χ4n) is 4.77. The van der Waals surface area contributed by atoms with E-state index in [2.05, 4.69) is 6.92 Å². The van der Waals surface area contributed by atoms with Gasteiger partial charge in [-0.25, -0.2) is 8.42 Å². The van der Waals surface area contributed by atoms with Crippen LogP contribution in [0.3, 0.4) is 0 Å². The predicted octanol–water partition coefficient (Wildman–Crippen LogP) is 3.40. The van der Waals surface area contributed by atoms with E-state index in [1.54, 1.807) is 30.3 Å². The summed E-state index contributed by atoms with van der Waals surface area (Å²) in [4.78, 5) is 28.5. The summed E-state index contributed by atoms with van der Waals surface area (Å²) in [5, 5.41) is 0. The maximum Gasteiger partial charge on any atom is 0.270 e. The summed E-state index contributed by atoms with van der Waals surface area (Å²) in [6.45, 7) is 3.53. The van der Waals surface area contributed by atoms with Crippen LogP contribution < -0.4 is 4.31 Å². The Morgan fingerprint density at radius 3 is 2.16 bits per heavy atom. The molecule has 0 bridgehead atoms. The zero-order valence-corrected chi connectivity index (χ0v) is 18.2. The van der Waals surface area contributed by atoms with Gasteiger partial charge in [0.2, 0.25) is 11.6 Å². The summed E-state index contributed by atoms with van der Waals surface area (Å²) in [5.41, 5.74) is 1.99. The second-order valence-corrected chi connectivity index (χ2v) is 10.3. The van der Waals surface area contributed by atoms with Gasteiger partial charge in [0.25, 0.3) is 10.0 Å². The molecule has 0 saturated carbocycles. The number of rotatable bonds is 3. The van der Waals surface area contributed by atoms with Crippen molar-refractivity contribution in [1.82, 2.24) is 4.90 Å². The summed E-state index contributed by atoms with van der Waals surface area (Å²) >= 11 is 0. The van der Waals surface area contributed by atoms with Crippen LogP contribution in [-0.4, -0.2) is 44.5 Å². The molecule has 5 rings (SSSR count). The molecule has 31 heavy (non-hydrogen) atoms. The summed E-state index contributed by atoms with van der Waals surface area (Å²) in [6, 6.07) is 13.8. The molecule has 0 atom stereocenters. The van der Waals surface area contributed by atoms with E-state index >= 15 is 0 Å². The van der Waals surface area contributed by atoms with Crippen molar-refractivity contribution in [3.63, 3.8) is 0 Å². The number of anilines is 1. The molecule has 7 heteroatoms. The number of fused-ring (bicyclic) bond motifs is 2.